The third-order valence-electron chi connectivity index (χ3n) is 5.70. The van der Waals surface area contributed by atoms with Crippen molar-refractivity contribution in [1.82, 2.24) is 10.2 Å². The molecular formula is C27H37Cl2N3O4S. The number of nitrogens with zero attached hydrogens (tertiary/aromatic N) is 2. The SMILES string of the molecule is CCC(C(=O)NC(C)(C)C)N(Cc1ccc(Cl)c(Cl)c1)C(=O)CCCN(c1ccc(C)cc1)S(C)(=O)=O. The van der Waals surface area contributed by atoms with Gasteiger partial charge in [0, 0.05) is 25.0 Å². The molecule has 1 atom stereocenters. The number of nitrogens with one attached hydrogen (secondary N) is 1. The fraction of sp³-hybridized carbons (Fsp3) is 0.481. The summed E-state index contributed by atoms with van der Waals surface area (Å²) in [4.78, 5) is 28.2. The summed E-state index contributed by atoms with van der Waals surface area (Å²) < 4.78 is 26.2. The van der Waals surface area contributed by atoms with Crippen LogP contribution in [0.1, 0.15) is 58.1 Å². The average Bonchev–Trinajstić information content (AvgIpc) is 2.77. The molecule has 0 bridgehead atoms. The van der Waals surface area contributed by atoms with E-state index in [1.165, 1.54) is 9.21 Å². The monoisotopic (exact) mass is 569 g/mol. The maximum absolute atomic E-state index is 13.5. The molecule has 0 saturated heterocycles. The van der Waals surface area contributed by atoms with Crippen LogP contribution in [-0.2, 0) is 26.2 Å². The lowest BCUT2D eigenvalue weighted by Gasteiger charge is -2.33. The van der Waals surface area contributed by atoms with Gasteiger partial charge in [-0.2, -0.15) is 0 Å². The van der Waals surface area contributed by atoms with E-state index in [2.05, 4.69) is 5.32 Å². The Morgan fingerprint density at radius 3 is 2.16 bits per heavy atom. The van der Waals surface area contributed by atoms with Gasteiger partial charge in [-0.25, -0.2) is 8.42 Å². The highest BCUT2D eigenvalue weighted by Crippen LogP contribution is 2.25. The number of carbonyl (C=O) groups excluding carboxylic acids is 2. The highest BCUT2D eigenvalue weighted by molar-refractivity contribution is 7.92. The number of aryl methyl sites for hydroxylation is 1. The Kier molecular flexibility index (Phi) is 10.9. The van der Waals surface area contributed by atoms with Crippen LogP contribution in [0.15, 0.2) is 42.5 Å². The van der Waals surface area contributed by atoms with Crippen LogP contribution in [0, 0.1) is 6.92 Å². The van der Waals surface area contributed by atoms with Crippen molar-refractivity contribution < 1.29 is 18.0 Å². The molecular weight excluding hydrogens is 533 g/mol. The van der Waals surface area contributed by atoms with Gasteiger partial charge in [0.25, 0.3) is 0 Å². The van der Waals surface area contributed by atoms with E-state index in [1.807, 2.05) is 46.8 Å². The minimum Gasteiger partial charge on any atom is -0.350 e. The normalized spacial score (nSPS) is 12.6. The molecule has 0 aromatic heterocycles. The van der Waals surface area contributed by atoms with E-state index in [0.29, 0.717) is 22.2 Å². The second-order valence-corrected chi connectivity index (χ2v) is 12.9. The highest BCUT2D eigenvalue weighted by atomic mass is 35.5. The molecule has 1 unspecified atom stereocenters. The Balaban J connectivity index is 2.26. The van der Waals surface area contributed by atoms with Crippen molar-refractivity contribution in [3.8, 4) is 0 Å². The quantitative estimate of drug-likeness (QED) is 0.383. The van der Waals surface area contributed by atoms with Gasteiger partial charge in [-0.3, -0.25) is 13.9 Å². The molecule has 0 heterocycles. The van der Waals surface area contributed by atoms with E-state index in [0.717, 1.165) is 17.4 Å². The third kappa shape index (κ3) is 9.51. The predicted molar refractivity (Wildman–Crippen MR) is 152 cm³/mol. The second kappa shape index (κ2) is 13.0. The molecule has 0 fully saturated rings. The lowest BCUT2D eigenvalue weighted by molar-refractivity contribution is -0.142. The molecule has 0 aliphatic heterocycles. The van der Waals surface area contributed by atoms with Crippen LogP contribution in [0.25, 0.3) is 0 Å². The van der Waals surface area contributed by atoms with E-state index in [-0.39, 0.29) is 37.7 Å². The van der Waals surface area contributed by atoms with Gasteiger partial charge in [0.15, 0.2) is 0 Å². The maximum Gasteiger partial charge on any atom is 0.243 e. The molecule has 1 N–H and O–H groups in total. The molecule has 0 aliphatic rings. The van der Waals surface area contributed by atoms with E-state index in [9.17, 15) is 18.0 Å². The Bertz CT molecular complexity index is 1200. The number of halogens is 2. The van der Waals surface area contributed by atoms with Gasteiger partial charge >= 0.3 is 0 Å². The Hall–Kier alpha value is -2.29. The molecule has 37 heavy (non-hydrogen) atoms. The van der Waals surface area contributed by atoms with Crippen LogP contribution < -0.4 is 9.62 Å². The van der Waals surface area contributed by atoms with Crippen molar-refractivity contribution >= 4 is 50.7 Å². The topological polar surface area (TPSA) is 86.8 Å². The van der Waals surface area contributed by atoms with E-state index >= 15 is 0 Å². The number of hydrogen-bond acceptors (Lipinski definition) is 4. The zero-order valence-corrected chi connectivity index (χ0v) is 24.7. The van der Waals surface area contributed by atoms with Gasteiger partial charge in [0.1, 0.15) is 6.04 Å². The number of hydrogen-bond donors (Lipinski definition) is 1. The summed E-state index contributed by atoms with van der Waals surface area (Å²) in [6.45, 7) is 9.73. The van der Waals surface area contributed by atoms with Crippen molar-refractivity contribution in [2.24, 2.45) is 0 Å². The summed E-state index contributed by atoms with van der Waals surface area (Å²) in [7, 11) is -3.54. The summed E-state index contributed by atoms with van der Waals surface area (Å²) >= 11 is 12.2. The van der Waals surface area contributed by atoms with E-state index in [1.54, 1.807) is 30.3 Å². The average molecular weight is 571 g/mol. The fourth-order valence-electron chi connectivity index (χ4n) is 3.92. The standard InChI is InChI=1S/C27H37Cl2N3O4S/c1-7-24(26(34)30-27(3,4)5)31(18-20-12-15-22(28)23(29)17-20)25(33)9-8-16-32(37(6,35)36)21-13-10-19(2)11-14-21/h10-15,17,24H,7-9,16,18H2,1-6H3,(H,30,34). The van der Waals surface area contributed by atoms with Crippen LogP contribution >= 0.6 is 23.2 Å². The van der Waals surface area contributed by atoms with Crippen molar-refractivity contribution in [1.29, 1.82) is 0 Å². The first-order chi connectivity index (χ1) is 17.1. The highest BCUT2D eigenvalue weighted by Gasteiger charge is 2.31. The molecule has 2 aromatic rings. The number of amides is 2. The van der Waals surface area contributed by atoms with Gasteiger partial charge in [-0.15, -0.1) is 0 Å². The Labute approximate surface area is 231 Å². The third-order valence-corrected chi connectivity index (χ3v) is 7.63. The molecule has 204 valence electrons. The summed E-state index contributed by atoms with van der Waals surface area (Å²) in [6.07, 6.45) is 1.91. The van der Waals surface area contributed by atoms with Crippen molar-refractivity contribution in [2.75, 3.05) is 17.1 Å². The van der Waals surface area contributed by atoms with Crippen LogP contribution in [0.3, 0.4) is 0 Å². The number of carbonyl (C=O) groups is 2. The lowest BCUT2D eigenvalue weighted by atomic mass is 10.0. The van der Waals surface area contributed by atoms with E-state index < -0.39 is 21.6 Å². The zero-order chi connectivity index (χ0) is 28.0. The minimum atomic E-state index is -3.54. The first kappa shape index (κ1) is 30.9. The molecule has 0 radical (unpaired) electrons. The van der Waals surface area contributed by atoms with Crippen molar-refractivity contribution in [3.05, 3.63) is 63.6 Å². The number of sulfonamides is 1. The van der Waals surface area contributed by atoms with Crippen molar-refractivity contribution in [3.63, 3.8) is 0 Å². The second-order valence-electron chi connectivity index (χ2n) is 10.2. The first-order valence-electron chi connectivity index (χ1n) is 12.2. The van der Waals surface area contributed by atoms with E-state index in [4.69, 9.17) is 23.2 Å². The molecule has 10 heteroatoms. The molecule has 2 rings (SSSR count). The smallest absolute Gasteiger partial charge is 0.243 e. The predicted octanol–water partition coefficient (Wildman–Crippen LogP) is 5.57. The van der Waals surface area contributed by atoms with Crippen molar-refractivity contribution in [2.45, 2.75) is 72.0 Å². The van der Waals surface area contributed by atoms with Crippen LogP contribution in [0.2, 0.25) is 10.0 Å². The summed E-state index contributed by atoms with van der Waals surface area (Å²) in [6, 6.07) is 11.6. The largest absolute Gasteiger partial charge is 0.350 e. The Morgan fingerprint density at radius 2 is 1.65 bits per heavy atom. The van der Waals surface area contributed by atoms with Crippen LogP contribution in [0.4, 0.5) is 5.69 Å². The number of rotatable bonds is 11. The molecule has 0 aliphatic carbocycles. The van der Waals surface area contributed by atoms with Gasteiger partial charge in [-0.05, 0) is 70.4 Å². The van der Waals surface area contributed by atoms with Crippen LogP contribution in [-0.4, -0.2) is 49.5 Å². The van der Waals surface area contributed by atoms with Gasteiger partial charge < -0.3 is 10.2 Å². The number of benzene rings is 2. The zero-order valence-electron chi connectivity index (χ0n) is 22.3. The lowest BCUT2D eigenvalue weighted by Crippen LogP contribution is -2.53. The summed E-state index contributed by atoms with van der Waals surface area (Å²) in [5.41, 5.74) is 1.84. The Morgan fingerprint density at radius 1 is 1.03 bits per heavy atom. The number of anilines is 1. The summed E-state index contributed by atoms with van der Waals surface area (Å²) in [5.74, 6) is -0.500. The molecule has 7 nitrogen and oxygen atoms in total. The molecule has 2 amide bonds. The molecule has 2 aromatic carbocycles. The maximum atomic E-state index is 13.5. The summed E-state index contributed by atoms with van der Waals surface area (Å²) in [5, 5.41) is 3.73. The van der Waals surface area contributed by atoms with Gasteiger partial charge in [-0.1, -0.05) is 53.9 Å². The molecule has 0 saturated carbocycles. The first-order valence-corrected chi connectivity index (χ1v) is 14.8. The minimum absolute atomic E-state index is 0.0680. The molecule has 0 spiro atoms. The fourth-order valence-corrected chi connectivity index (χ4v) is 5.21. The van der Waals surface area contributed by atoms with Gasteiger partial charge in [0.2, 0.25) is 21.8 Å². The van der Waals surface area contributed by atoms with Gasteiger partial charge in [0.05, 0.1) is 22.0 Å². The van der Waals surface area contributed by atoms with Crippen LogP contribution in [0.5, 0.6) is 0 Å².